The predicted octanol–water partition coefficient (Wildman–Crippen LogP) is 2.56. The Morgan fingerprint density at radius 1 is 1.32 bits per heavy atom. The minimum Gasteiger partial charge on any atom is -0.497 e. The van der Waals surface area contributed by atoms with Crippen molar-refractivity contribution < 1.29 is 19.4 Å². The second-order valence-corrected chi connectivity index (χ2v) is 5.99. The molecule has 2 rings (SSSR count). The van der Waals surface area contributed by atoms with Gasteiger partial charge in [0.25, 0.3) is 0 Å². The van der Waals surface area contributed by atoms with E-state index in [9.17, 15) is 9.59 Å². The Morgan fingerprint density at radius 3 is 2.55 bits per heavy atom. The number of carboxylic acids is 1. The van der Waals surface area contributed by atoms with Crippen LogP contribution < -0.4 is 10.1 Å². The van der Waals surface area contributed by atoms with Crippen LogP contribution in [0.25, 0.3) is 0 Å². The molecule has 1 unspecified atom stereocenters. The Hall–Kier alpha value is -2.04. The maximum Gasteiger partial charge on any atom is 0.306 e. The van der Waals surface area contributed by atoms with Crippen molar-refractivity contribution in [1.82, 2.24) is 5.32 Å². The Labute approximate surface area is 130 Å². The molecule has 5 heteroatoms. The number of benzene rings is 1. The van der Waals surface area contributed by atoms with Crippen LogP contribution in [0.2, 0.25) is 0 Å². The van der Waals surface area contributed by atoms with E-state index in [1.807, 2.05) is 31.2 Å². The summed E-state index contributed by atoms with van der Waals surface area (Å²) >= 11 is 0. The molecular formula is C17H23NO4. The number of nitrogens with one attached hydrogen (secondary N) is 1. The molecule has 1 aliphatic rings. The van der Waals surface area contributed by atoms with Crippen molar-refractivity contribution in [2.45, 2.75) is 44.6 Å². The van der Waals surface area contributed by atoms with Gasteiger partial charge in [-0.3, -0.25) is 9.59 Å². The van der Waals surface area contributed by atoms with Gasteiger partial charge in [0.2, 0.25) is 5.91 Å². The number of hydrogen-bond donors (Lipinski definition) is 2. The van der Waals surface area contributed by atoms with E-state index in [0.717, 1.165) is 17.7 Å². The summed E-state index contributed by atoms with van der Waals surface area (Å²) in [7, 11) is 1.62. The van der Waals surface area contributed by atoms with Crippen molar-refractivity contribution in [3.63, 3.8) is 0 Å². The molecule has 1 aromatic carbocycles. The molecule has 1 fully saturated rings. The van der Waals surface area contributed by atoms with Crippen molar-refractivity contribution in [3.8, 4) is 5.75 Å². The van der Waals surface area contributed by atoms with E-state index in [2.05, 4.69) is 5.32 Å². The number of aliphatic carboxylic acids is 1. The van der Waals surface area contributed by atoms with Crippen LogP contribution in [0, 0.1) is 5.92 Å². The van der Waals surface area contributed by atoms with Crippen molar-refractivity contribution in [2.75, 3.05) is 7.11 Å². The Morgan fingerprint density at radius 2 is 2.00 bits per heavy atom. The Balaban J connectivity index is 1.82. The number of hydrogen-bond acceptors (Lipinski definition) is 3. The SMILES string of the molecule is COc1ccc(C(C)CC(=O)N[C@@H]2CC[C@H](C(=O)O)C2)cc1. The summed E-state index contributed by atoms with van der Waals surface area (Å²) in [4.78, 5) is 23.0. The van der Waals surface area contributed by atoms with Gasteiger partial charge in [-0.2, -0.15) is 0 Å². The first-order chi connectivity index (χ1) is 10.5. The molecule has 0 heterocycles. The molecule has 1 amide bonds. The predicted molar refractivity (Wildman–Crippen MR) is 82.9 cm³/mol. The summed E-state index contributed by atoms with van der Waals surface area (Å²) in [5.41, 5.74) is 1.09. The normalized spacial score (nSPS) is 22.1. The average molecular weight is 305 g/mol. The smallest absolute Gasteiger partial charge is 0.306 e. The van der Waals surface area contributed by atoms with Gasteiger partial charge in [-0.05, 0) is 42.9 Å². The highest BCUT2D eigenvalue weighted by Crippen LogP contribution is 2.26. The first-order valence-electron chi connectivity index (χ1n) is 7.65. The molecule has 1 saturated carbocycles. The zero-order chi connectivity index (χ0) is 16.1. The maximum atomic E-state index is 12.1. The van der Waals surface area contributed by atoms with Gasteiger partial charge < -0.3 is 15.2 Å². The highest BCUT2D eigenvalue weighted by Gasteiger charge is 2.30. The molecule has 5 nitrogen and oxygen atoms in total. The van der Waals surface area contributed by atoms with Gasteiger partial charge >= 0.3 is 5.97 Å². The maximum absolute atomic E-state index is 12.1. The van der Waals surface area contributed by atoms with Gasteiger partial charge in [0.15, 0.2) is 0 Å². The lowest BCUT2D eigenvalue weighted by atomic mass is 9.97. The van der Waals surface area contributed by atoms with Gasteiger partial charge in [0, 0.05) is 12.5 Å². The molecule has 0 aromatic heterocycles. The van der Waals surface area contributed by atoms with Crippen LogP contribution in [0.15, 0.2) is 24.3 Å². The first kappa shape index (κ1) is 16.3. The highest BCUT2D eigenvalue weighted by molar-refractivity contribution is 5.77. The molecule has 0 aliphatic heterocycles. The van der Waals surface area contributed by atoms with E-state index in [4.69, 9.17) is 9.84 Å². The van der Waals surface area contributed by atoms with Crippen LogP contribution in [0.3, 0.4) is 0 Å². The van der Waals surface area contributed by atoms with E-state index in [1.54, 1.807) is 7.11 Å². The first-order valence-corrected chi connectivity index (χ1v) is 7.65. The number of ether oxygens (including phenoxy) is 1. The van der Waals surface area contributed by atoms with Gasteiger partial charge in [0.05, 0.1) is 13.0 Å². The number of carbonyl (C=O) groups excluding carboxylic acids is 1. The second kappa shape index (κ2) is 7.29. The topological polar surface area (TPSA) is 75.6 Å². The van der Waals surface area contributed by atoms with Crippen molar-refractivity contribution in [3.05, 3.63) is 29.8 Å². The van der Waals surface area contributed by atoms with Crippen LogP contribution in [-0.4, -0.2) is 30.1 Å². The van der Waals surface area contributed by atoms with Crippen LogP contribution >= 0.6 is 0 Å². The lowest BCUT2D eigenvalue weighted by Crippen LogP contribution is -2.33. The summed E-state index contributed by atoms with van der Waals surface area (Å²) < 4.78 is 5.12. The van der Waals surface area contributed by atoms with E-state index < -0.39 is 5.97 Å². The molecule has 3 atom stereocenters. The summed E-state index contributed by atoms with van der Waals surface area (Å²) in [5, 5.41) is 11.9. The lowest BCUT2D eigenvalue weighted by molar-refractivity contribution is -0.141. The molecule has 1 aromatic rings. The quantitative estimate of drug-likeness (QED) is 0.847. The van der Waals surface area contributed by atoms with Gasteiger partial charge in [-0.25, -0.2) is 0 Å². The van der Waals surface area contributed by atoms with E-state index >= 15 is 0 Å². The van der Waals surface area contributed by atoms with E-state index in [-0.39, 0.29) is 23.8 Å². The number of methoxy groups -OCH3 is 1. The monoisotopic (exact) mass is 305 g/mol. The molecule has 22 heavy (non-hydrogen) atoms. The number of rotatable bonds is 6. The minimum atomic E-state index is -0.761. The fourth-order valence-electron chi connectivity index (χ4n) is 2.95. The summed E-state index contributed by atoms with van der Waals surface area (Å²) in [6, 6.07) is 7.70. The standard InChI is InChI=1S/C17H23NO4/c1-11(12-4-7-15(22-2)8-5-12)9-16(19)18-14-6-3-13(10-14)17(20)21/h4-5,7-8,11,13-14H,3,6,9-10H2,1-2H3,(H,18,19)(H,20,21)/t11?,13-,14+/m0/s1. The Bertz CT molecular complexity index is 526. The molecule has 0 radical (unpaired) electrons. The van der Waals surface area contributed by atoms with Gasteiger partial charge in [-0.1, -0.05) is 19.1 Å². The molecule has 1 aliphatic carbocycles. The third-order valence-electron chi connectivity index (χ3n) is 4.32. The summed E-state index contributed by atoms with van der Waals surface area (Å²) in [6.45, 7) is 2.01. The van der Waals surface area contributed by atoms with Crippen molar-refractivity contribution in [2.24, 2.45) is 5.92 Å². The van der Waals surface area contributed by atoms with Crippen molar-refractivity contribution >= 4 is 11.9 Å². The van der Waals surface area contributed by atoms with E-state index in [0.29, 0.717) is 19.3 Å². The van der Waals surface area contributed by atoms with Gasteiger partial charge in [0.1, 0.15) is 5.75 Å². The zero-order valence-corrected chi connectivity index (χ0v) is 13.0. The lowest BCUT2D eigenvalue weighted by Gasteiger charge is -2.16. The number of amides is 1. The number of carbonyl (C=O) groups is 2. The summed E-state index contributed by atoms with van der Waals surface area (Å²) in [5.74, 6) is -0.180. The third kappa shape index (κ3) is 4.23. The average Bonchev–Trinajstić information content (AvgIpc) is 2.95. The fraction of sp³-hybridized carbons (Fsp3) is 0.529. The third-order valence-corrected chi connectivity index (χ3v) is 4.32. The summed E-state index contributed by atoms with van der Waals surface area (Å²) in [6.07, 6.45) is 2.34. The van der Waals surface area contributed by atoms with Crippen LogP contribution in [0.4, 0.5) is 0 Å². The molecule has 120 valence electrons. The fourth-order valence-corrected chi connectivity index (χ4v) is 2.95. The Kier molecular flexibility index (Phi) is 5.41. The van der Waals surface area contributed by atoms with Crippen LogP contribution in [0.5, 0.6) is 5.75 Å². The van der Waals surface area contributed by atoms with Crippen molar-refractivity contribution in [1.29, 1.82) is 0 Å². The highest BCUT2D eigenvalue weighted by atomic mass is 16.5. The molecule has 0 bridgehead atoms. The second-order valence-electron chi connectivity index (χ2n) is 5.99. The van der Waals surface area contributed by atoms with E-state index in [1.165, 1.54) is 0 Å². The minimum absolute atomic E-state index is 0.00309. The van der Waals surface area contributed by atoms with Crippen LogP contribution in [0.1, 0.15) is 44.1 Å². The molecular weight excluding hydrogens is 282 g/mol. The molecule has 0 saturated heterocycles. The van der Waals surface area contributed by atoms with Gasteiger partial charge in [-0.15, -0.1) is 0 Å². The largest absolute Gasteiger partial charge is 0.497 e. The molecule has 2 N–H and O–H groups in total. The number of carboxylic acid groups (broad SMARTS) is 1. The zero-order valence-electron chi connectivity index (χ0n) is 13.0. The van der Waals surface area contributed by atoms with Crippen LogP contribution in [-0.2, 0) is 9.59 Å². The molecule has 0 spiro atoms.